The SMILES string of the molecule is C(=C(c1ccccc1)c1ccccc1)c1ccc(-c2ccc(C=C(c3ccccc3)c3ccccc3)cc2)cc1.C(=C\c1ccc(N(c2ccccc2)c2ccccc2)cc1)/c1ccc(-c2ccc(/C=C/c3ccc(N(c4ccccc4)c4ccccc4)cc3)cc2)cc1. The highest BCUT2D eigenvalue weighted by atomic mass is 15.1. The molecule has 0 atom stereocenters. The average Bonchev–Trinajstić information content (AvgIpc) is 1.49. The normalized spacial score (nSPS) is 10.9. The Hall–Kier alpha value is -12.4. The molecule has 0 saturated heterocycles. The molecule has 0 fully saturated rings. The van der Waals surface area contributed by atoms with E-state index in [9.17, 15) is 0 Å². The van der Waals surface area contributed by atoms with Crippen LogP contribution in [0.2, 0.25) is 0 Å². The Morgan fingerprint density at radius 3 is 0.543 bits per heavy atom. The Morgan fingerprint density at radius 2 is 0.330 bits per heavy atom. The lowest BCUT2D eigenvalue weighted by molar-refractivity contribution is 1.28. The molecular weight excluding hydrogens is 1130 g/mol. The molecule has 0 aromatic heterocycles. The summed E-state index contributed by atoms with van der Waals surface area (Å²) in [6, 6.07) is 137. The second-order valence-corrected chi connectivity index (χ2v) is 22.9. The fraction of sp³-hybridized carbons (Fsp3) is 0. The first-order chi connectivity index (χ1) is 46.6. The van der Waals surface area contributed by atoms with E-state index in [1.807, 2.05) is 0 Å². The van der Waals surface area contributed by atoms with Crippen LogP contribution in [-0.2, 0) is 0 Å². The van der Waals surface area contributed by atoms with Crippen molar-refractivity contribution in [1.82, 2.24) is 0 Å². The van der Waals surface area contributed by atoms with Gasteiger partial charge in [-0.1, -0.05) is 340 Å². The summed E-state index contributed by atoms with van der Waals surface area (Å²) in [6.45, 7) is 0. The standard InChI is InChI=1S/C52H40N2.C40H30/c1-5-13-47(14-6-1)53(48-15-7-2-8-16-48)51-37-29-43(30-38-51)23-21-41-25-33-45(34-26-41)46-35-27-42(28-36-46)22-24-44-31-39-52(40-32-44)54(49-17-9-3-10-18-49)50-19-11-4-12-20-50;1-5-13-35(14-6-1)39(36-15-7-2-8-16-36)29-31-21-25-33(26-22-31)34-27-23-32(24-28-34)30-40(37-17-9-3-10-18-37)38-19-11-4-12-20-38/h1-40H;1-30H/b23-21+,24-22+;. The van der Waals surface area contributed by atoms with Crippen LogP contribution in [0, 0.1) is 0 Å². The predicted octanol–water partition coefficient (Wildman–Crippen LogP) is 25.2. The van der Waals surface area contributed by atoms with Crippen molar-refractivity contribution in [2.24, 2.45) is 0 Å². The number of benzene rings is 14. The highest BCUT2D eigenvalue weighted by Gasteiger charge is 2.14. The molecule has 2 nitrogen and oxygen atoms in total. The zero-order valence-electron chi connectivity index (χ0n) is 52.3. The molecule has 0 bridgehead atoms. The Morgan fingerprint density at radius 1 is 0.160 bits per heavy atom. The van der Waals surface area contributed by atoms with Gasteiger partial charge >= 0.3 is 0 Å². The van der Waals surface area contributed by atoms with Crippen LogP contribution in [0.15, 0.2) is 388 Å². The molecular formula is C92H70N2. The maximum absolute atomic E-state index is 2.28. The van der Waals surface area contributed by atoms with Gasteiger partial charge in [-0.3, -0.25) is 0 Å². The number of rotatable bonds is 18. The minimum absolute atomic E-state index is 1.12. The molecule has 0 aliphatic carbocycles. The minimum atomic E-state index is 1.12. The van der Waals surface area contributed by atoms with Gasteiger partial charge in [0.05, 0.1) is 0 Å². The molecule has 0 saturated carbocycles. The van der Waals surface area contributed by atoms with Crippen molar-refractivity contribution in [3.63, 3.8) is 0 Å². The first-order valence-electron chi connectivity index (χ1n) is 32.0. The summed E-state index contributed by atoms with van der Waals surface area (Å²) in [4.78, 5) is 4.56. The van der Waals surface area contributed by atoms with E-state index < -0.39 is 0 Å². The summed E-state index contributed by atoms with van der Waals surface area (Å²) in [5, 5.41) is 0. The van der Waals surface area contributed by atoms with Crippen LogP contribution in [-0.4, -0.2) is 0 Å². The van der Waals surface area contributed by atoms with E-state index >= 15 is 0 Å². The van der Waals surface area contributed by atoms with Crippen molar-refractivity contribution in [2.45, 2.75) is 0 Å². The first-order valence-corrected chi connectivity index (χ1v) is 32.0. The largest absolute Gasteiger partial charge is 0.311 e. The number of anilines is 6. The van der Waals surface area contributed by atoms with Gasteiger partial charge in [0, 0.05) is 34.1 Å². The molecule has 2 heteroatoms. The number of hydrogen-bond acceptors (Lipinski definition) is 2. The second-order valence-electron chi connectivity index (χ2n) is 22.9. The molecule has 14 rings (SSSR count). The fourth-order valence-electron chi connectivity index (χ4n) is 11.6. The van der Waals surface area contributed by atoms with E-state index in [0.717, 1.165) is 45.3 Å². The number of nitrogens with zero attached hydrogens (tertiary/aromatic N) is 2. The molecule has 94 heavy (non-hydrogen) atoms. The summed E-state index contributed by atoms with van der Waals surface area (Å²) in [5.74, 6) is 0. The van der Waals surface area contributed by atoms with E-state index in [-0.39, 0.29) is 0 Å². The molecule has 0 radical (unpaired) electrons. The molecule has 448 valence electrons. The van der Waals surface area contributed by atoms with Crippen molar-refractivity contribution < 1.29 is 0 Å². The number of hydrogen-bond donors (Lipinski definition) is 0. The molecule has 14 aromatic carbocycles. The van der Waals surface area contributed by atoms with Gasteiger partial charge in [0.1, 0.15) is 0 Å². The van der Waals surface area contributed by atoms with E-state index in [1.54, 1.807) is 0 Å². The van der Waals surface area contributed by atoms with Crippen LogP contribution in [0.25, 0.3) is 69.9 Å². The van der Waals surface area contributed by atoms with Crippen LogP contribution >= 0.6 is 0 Å². The van der Waals surface area contributed by atoms with Crippen molar-refractivity contribution >= 4 is 81.7 Å². The molecule has 0 aliphatic heterocycles. The van der Waals surface area contributed by atoms with Crippen LogP contribution in [0.4, 0.5) is 34.1 Å². The number of para-hydroxylation sites is 4. The second kappa shape index (κ2) is 30.4. The summed E-state index contributed by atoms with van der Waals surface area (Å²) in [5.41, 5.74) is 25.9. The minimum Gasteiger partial charge on any atom is -0.311 e. The molecule has 0 aliphatic rings. The van der Waals surface area contributed by atoms with Crippen molar-refractivity contribution in [3.05, 3.63) is 444 Å². The monoisotopic (exact) mass is 1200 g/mol. The smallest absolute Gasteiger partial charge is 0.0462 e. The topological polar surface area (TPSA) is 6.48 Å². The van der Waals surface area contributed by atoms with Gasteiger partial charge in [-0.2, -0.15) is 0 Å². The highest BCUT2D eigenvalue weighted by Crippen LogP contribution is 2.37. The van der Waals surface area contributed by atoms with Gasteiger partial charge in [0.15, 0.2) is 0 Å². The molecule has 0 amide bonds. The highest BCUT2D eigenvalue weighted by molar-refractivity contribution is 5.93. The Kier molecular flexibility index (Phi) is 19.6. The van der Waals surface area contributed by atoms with E-state index in [1.165, 1.54) is 77.9 Å². The van der Waals surface area contributed by atoms with Gasteiger partial charge in [-0.05, 0) is 174 Å². The van der Waals surface area contributed by atoms with Gasteiger partial charge in [-0.15, -0.1) is 0 Å². The third-order valence-electron chi connectivity index (χ3n) is 16.6. The lowest BCUT2D eigenvalue weighted by atomic mass is 9.94. The lowest BCUT2D eigenvalue weighted by Gasteiger charge is -2.25. The van der Waals surface area contributed by atoms with Crippen LogP contribution in [0.1, 0.15) is 55.6 Å². The van der Waals surface area contributed by atoms with Crippen LogP contribution in [0.3, 0.4) is 0 Å². The molecule has 0 N–H and O–H groups in total. The first kappa shape index (κ1) is 60.5. The predicted molar refractivity (Wildman–Crippen MR) is 404 cm³/mol. The van der Waals surface area contributed by atoms with Crippen LogP contribution < -0.4 is 9.80 Å². The quantitative estimate of drug-likeness (QED) is 0.0790. The van der Waals surface area contributed by atoms with E-state index in [4.69, 9.17) is 0 Å². The van der Waals surface area contributed by atoms with Gasteiger partial charge < -0.3 is 9.80 Å². The zero-order chi connectivity index (χ0) is 63.4. The van der Waals surface area contributed by atoms with Gasteiger partial charge in [0.2, 0.25) is 0 Å². The van der Waals surface area contributed by atoms with Gasteiger partial charge in [-0.25, -0.2) is 0 Å². The summed E-state index contributed by atoms with van der Waals surface area (Å²) < 4.78 is 0. The summed E-state index contributed by atoms with van der Waals surface area (Å²) >= 11 is 0. The molecule has 0 heterocycles. The Labute approximate surface area is 554 Å². The lowest BCUT2D eigenvalue weighted by Crippen LogP contribution is -2.09. The maximum Gasteiger partial charge on any atom is 0.0462 e. The summed E-state index contributed by atoms with van der Waals surface area (Å²) in [7, 11) is 0. The Bertz CT molecular complexity index is 4270. The average molecular weight is 1200 g/mol. The Balaban J connectivity index is 0.000000179. The molecule has 0 spiro atoms. The zero-order valence-corrected chi connectivity index (χ0v) is 52.3. The van der Waals surface area contributed by atoms with Crippen molar-refractivity contribution in [2.75, 3.05) is 9.80 Å². The molecule has 0 unspecified atom stereocenters. The van der Waals surface area contributed by atoms with E-state index in [0.29, 0.717) is 0 Å². The van der Waals surface area contributed by atoms with Crippen molar-refractivity contribution in [3.8, 4) is 22.3 Å². The summed E-state index contributed by atoms with van der Waals surface area (Å²) in [6.07, 6.45) is 13.2. The fourth-order valence-corrected chi connectivity index (χ4v) is 11.6. The third-order valence-corrected chi connectivity index (χ3v) is 16.6. The van der Waals surface area contributed by atoms with Crippen molar-refractivity contribution in [1.29, 1.82) is 0 Å². The van der Waals surface area contributed by atoms with E-state index in [2.05, 4.69) is 435 Å². The molecule has 14 aromatic rings. The van der Waals surface area contributed by atoms with Crippen LogP contribution in [0.5, 0.6) is 0 Å². The third kappa shape index (κ3) is 15.6. The maximum atomic E-state index is 2.28. The van der Waals surface area contributed by atoms with Gasteiger partial charge in [0.25, 0.3) is 0 Å².